The maximum absolute atomic E-state index is 12.0. The molecule has 0 spiro atoms. The summed E-state index contributed by atoms with van der Waals surface area (Å²) in [5.74, 6) is -1.73. The number of hydrogen-bond donors (Lipinski definition) is 6. The van der Waals surface area contributed by atoms with Crippen LogP contribution in [-0.2, 0) is 28.8 Å². The van der Waals surface area contributed by atoms with E-state index in [0.29, 0.717) is 84.9 Å². The van der Waals surface area contributed by atoms with Crippen molar-refractivity contribution in [2.24, 2.45) is 0 Å². The minimum atomic E-state index is -0.576. The number of thioether (sulfide) groups is 1. The number of hydroxylamine groups is 6. The molecule has 0 unspecified atom stereocenters. The SMILES string of the molecule is O=C1CCC(=O)N(O)CCCCCNC(=O)CCC(=O)N(O)CCSCCNC(=O)CCC(=O)N(O)CCCCCN1. The number of carbonyl (C=O) groups excluding carboxylic acids is 6. The fourth-order valence-electron chi connectivity index (χ4n) is 3.79. The lowest BCUT2D eigenvalue weighted by molar-refractivity contribution is -0.166. The molecule has 1 saturated heterocycles. The molecule has 6 amide bonds. The molecule has 0 aromatic heterocycles. The normalized spacial score (nSPS) is 21.4. The summed E-state index contributed by atoms with van der Waals surface area (Å²) in [4.78, 5) is 72.0. The Labute approximate surface area is 250 Å². The smallest absolute Gasteiger partial charge is 0.246 e. The minimum absolute atomic E-state index is 0.0657. The highest BCUT2D eigenvalue weighted by atomic mass is 32.2. The molecule has 15 nitrogen and oxygen atoms in total. The number of nitrogens with zero attached hydrogens (tertiary/aromatic N) is 3. The van der Waals surface area contributed by atoms with Gasteiger partial charge in [-0.15, -0.1) is 0 Å². The first-order chi connectivity index (χ1) is 20.1. The van der Waals surface area contributed by atoms with E-state index in [9.17, 15) is 44.4 Å². The summed E-state index contributed by atoms with van der Waals surface area (Å²) in [5, 5.41) is 39.5. The molecule has 0 saturated carbocycles. The molecule has 0 aromatic rings. The molecule has 0 atom stereocenters. The summed E-state index contributed by atoms with van der Waals surface area (Å²) >= 11 is 1.41. The van der Waals surface area contributed by atoms with Crippen LogP contribution in [0.2, 0.25) is 0 Å². The van der Waals surface area contributed by atoms with Gasteiger partial charge in [-0.05, 0) is 38.5 Å². The molecule has 0 radical (unpaired) electrons. The van der Waals surface area contributed by atoms with Crippen molar-refractivity contribution in [3.63, 3.8) is 0 Å². The van der Waals surface area contributed by atoms with Crippen LogP contribution in [0.4, 0.5) is 0 Å². The van der Waals surface area contributed by atoms with Gasteiger partial charge in [0.2, 0.25) is 35.4 Å². The van der Waals surface area contributed by atoms with Gasteiger partial charge in [0.05, 0.1) is 6.54 Å². The summed E-state index contributed by atoms with van der Waals surface area (Å²) in [7, 11) is 0. The lowest BCUT2D eigenvalue weighted by Gasteiger charge is -2.15. The van der Waals surface area contributed by atoms with E-state index in [0.717, 1.165) is 0 Å². The standard InChI is InChI=1S/C26H46N6O9S/c33-21-7-10-24(36)30(39)16-5-2-4-14-28-22(34)8-12-26(38)32(41)18-20-42-19-15-29-23(35)9-11-25(37)31(40)17-6-1-3-13-27-21/h39-41H,1-20H2,(H,27,33)(H,28,34)(H,29,35). The van der Waals surface area contributed by atoms with Crippen LogP contribution in [0.5, 0.6) is 0 Å². The quantitative estimate of drug-likeness (QED) is 0.206. The second-order valence-electron chi connectivity index (χ2n) is 9.83. The van der Waals surface area contributed by atoms with Gasteiger partial charge < -0.3 is 16.0 Å². The highest BCUT2D eigenvalue weighted by Crippen LogP contribution is 2.05. The van der Waals surface area contributed by atoms with Crippen LogP contribution in [0.15, 0.2) is 0 Å². The van der Waals surface area contributed by atoms with E-state index in [1.54, 1.807) is 0 Å². The van der Waals surface area contributed by atoms with E-state index in [2.05, 4.69) is 16.0 Å². The Balaban J connectivity index is 2.49. The number of nitrogens with one attached hydrogen (secondary N) is 3. The molecule has 1 aliphatic rings. The Morgan fingerprint density at radius 2 is 0.833 bits per heavy atom. The molecular formula is C26H46N6O9S. The summed E-state index contributed by atoms with van der Waals surface area (Å²) in [5.41, 5.74) is 0. The van der Waals surface area contributed by atoms with E-state index >= 15 is 0 Å². The predicted octanol–water partition coefficient (Wildman–Crippen LogP) is 0.416. The Kier molecular flexibility index (Phi) is 20.0. The third-order valence-electron chi connectivity index (χ3n) is 6.32. The molecule has 1 fully saturated rings. The maximum Gasteiger partial charge on any atom is 0.246 e. The highest BCUT2D eigenvalue weighted by Gasteiger charge is 2.15. The van der Waals surface area contributed by atoms with Crippen LogP contribution < -0.4 is 16.0 Å². The molecule has 1 heterocycles. The largest absolute Gasteiger partial charge is 0.356 e. The number of carbonyl (C=O) groups is 6. The van der Waals surface area contributed by atoms with Crippen LogP contribution in [0, 0.1) is 0 Å². The molecule has 1 aliphatic heterocycles. The Morgan fingerprint density at radius 1 is 0.452 bits per heavy atom. The molecule has 0 aliphatic carbocycles. The van der Waals surface area contributed by atoms with Crippen molar-refractivity contribution in [1.82, 2.24) is 31.1 Å². The van der Waals surface area contributed by atoms with Crippen molar-refractivity contribution in [2.75, 3.05) is 50.8 Å². The monoisotopic (exact) mass is 618 g/mol. The van der Waals surface area contributed by atoms with E-state index in [-0.39, 0.29) is 75.9 Å². The van der Waals surface area contributed by atoms with Gasteiger partial charge in [0.15, 0.2) is 0 Å². The van der Waals surface area contributed by atoms with Gasteiger partial charge in [-0.3, -0.25) is 44.4 Å². The predicted molar refractivity (Wildman–Crippen MR) is 152 cm³/mol. The van der Waals surface area contributed by atoms with Crippen LogP contribution in [0.1, 0.15) is 77.0 Å². The molecule has 0 aromatic carbocycles. The summed E-state index contributed by atoms with van der Waals surface area (Å²) in [6.45, 7) is 1.35. The molecule has 240 valence electrons. The van der Waals surface area contributed by atoms with Gasteiger partial charge in [-0.1, -0.05) is 0 Å². The van der Waals surface area contributed by atoms with E-state index in [1.165, 1.54) is 11.8 Å². The molecule has 0 bridgehead atoms. The second-order valence-corrected chi connectivity index (χ2v) is 11.1. The van der Waals surface area contributed by atoms with Crippen LogP contribution in [0.3, 0.4) is 0 Å². The lowest BCUT2D eigenvalue weighted by Crippen LogP contribution is -2.32. The second kappa shape index (κ2) is 22.6. The first kappa shape index (κ1) is 37.1. The number of rotatable bonds is 0. The van der Waals surface area contributed by atoms with Gasteiger partial charge in [0, 0.05) is 82.8 Å². The zero-order valence-corrected chi connectivity index (χ0v) is 25.0. The summed E-state index contributed by atoms with van der Waals surface area (Å²) in [6.07, 6.45) is 2.87. The van der Waals surface area contributed by atoms with Crippen molar-refractivity contribution < 1.29 is 44.4 Å². The molecule has 1 rings (SSSR count). The molecule has 6 N–H and O–H groups in total. The highest BCUT2D eigenvalue weighted by molar-refractivity contribution is 7.99. The third kappa shape index (κ3) is 18.5. The Morgan fingerprint density at radius 3 is 1.26 bits per heavy atom. The van der Waals surface area contributed by atoms with Crippen LogP contribution in [0.25, 0.3) is 0 Å². The maximum atomic E-state index is 12.0. The van der Waals surface area contributed by atoms with Crippen molar-refractivity contribution in [2.45, 2.75) is 77.0 Å². The van der Waals surface area contributed by atoms with E-state index in [4.69, 9.17) is 0 Å². The summed E-state index contributed by atoms with van der Waals surface area (Å²) in [6, 6.07) is 0. The molecule has 42 heavy (non-hydrogen) atoms. The average molecular weight is 619 g/mol. The fraction of sp³-hybridized carbons (Fsp3) is 0.769. The van der Waals surface area contributed by atoms with Gasteiger partial charge in [-0.25, -0.2) is 15.2 Å². The molecule has 16 heteroatoms. The van der Waals surface area contributed by atoms with Gasteiger partial charge in [0.1, 0.15) is 0 Å². The first-order valence-electron chi connectivity index (χ1n) is 14.5. The van der Waals surface area contributed by atoms with Gasteiger partial charge >= 0.3 is 0 Å². The first-order valence-corrected chi connectivity index (χ1v) is 15.6. The van der Waals surface area contributed by atoms with Crippen LogP contribution in [-0.4, -0.2) is 117 Å². The van der Waals surface area contributed by atoms with Crippen LogP contribution >= 0.6 is 11.8 Å². The Hall–Kier alpha value is -2.95. The van der Waals surface area contributed by atoms with E-state index < -0.39 is 17.7 Å². The van der Waals surface area contributed by atoms with E-state index in [1.807, 2.05) is 0 Å². The lowest BCUT2D eigenvalue weighted by atomic mass is 10.2. The minimum Gasteiger partial charge on any atom is -0.356 e. The fourth-order valence-corrected chi connectivity index (χ4v) is 4.54. The molecular weight excluding hydrogens is 572 g/mol. The van der Waals surface area contributed by atoms with Gasteiger partial charge in [-0.2, -0.15) is 11.8 Å². The van der Waals surface area contributed by atoms with Gasteiger partial charge in [0.25, 0.3) is 0 Å². The summed E-state index contributed by atoms with van der Waals surface area (Å²) < 4.78 is 0. The zero-order chi connectivity index (χ0) is 31.2. The topological polar surface area (TPSA) is 209 Å². The Bertz CT molecular complexity index is 770. The number of hydrogen-bond acceptors (Lipinski definition) is 10. The van der Waals surface area contributed by atoms with Crippen molar-refractivity contribution >= 4 is 47.2 Å². The van der Waals surface area contributed by atoms with Crippen molar-refractivity contribution in [3.05, 3.63) is 0 Å². The van der Waals surface area contributed by atoms with Crippen molar-refractivity contribution in [3.8, 4) is 0 Å². The third-order valence-corrected chi connectivity index (χ3v) is 7.28. The van der Waals surface area contributed by atoms with Crippen molar-refractivity contribution in [1.29, 1.82) is 0 Å². The zero-order valence-electron chi connectivity index (χ0n) is 24.2. The number of amides is 6. The average Bonchev–Trinajstić information content (AvgIpc) is 2.97.